The Morgan fingerprint density at radius 2 is 1.15 bits per heavy atom. The van der Waals surface area contributed by atoms with Crippen LogP contribution in [0, 0.1) is 0 Å². The van der Waals surface area contributed by atoms with E-state index in [1.807, 2.05) is 41.5 Å². The summed E-state index contributed by atoms with van der Waals surface area (Å²) in [7, 11) is -0.0972. The second-order valence-electron chi connectivity index (χ2n) is 5.30. The van der Waals surface area contributed by atoms with Gasteiger partial charge in [-0.3, -0.25) is 0 Å². The summed E-state index contributed by atoms with van der Waals surface area (Å²) in [5, 5.41) is 0. The van der Waals surface area contributed by atoms with E-state index in [1.54, 1.807) is 0 Å². The Labute approximate surface area is 83.1 Å². The minimum absolute atomic E-state index is 0.0972. The standard InChI is InChI=1S/C10H23BO2/c1-8-11(12-9(2,3)4)13-10(5,6)7/h8H2,1-7H3. The molecule has 0 rings (SSSR count). The van der Waals surface area contributed by atoms with Crippen LogP contribution >= 0.6 is 0 Å². The van der Waals surface area contributed by atoms with E-state index < -0.39 is 0 Å². The molecule has 0 spiro atoms. The number of hydrogen-bond donors (Lipinski definition) is 0. The first-order valence-corrected chi connectivity index (χ1v) is 5.00. The number of hydrogen-bond acceptors (Lipinski definition) is 2. The Kier molecular flexibility index (Phi) is 4.47. The van der Waals surface area contributed by atoms with Crippen molar-refractivity contribution in [1.29, 1.82) is 0 Å². The Morgan fingerprint density at radius 3 is 1.31 bits per heavy atom. The molecule has 0 heterocycles. The summed E-state index contributed by atoms with van der Waals surface area (Å²) >= 11 is 0. The lowest BCUT2D eigenvalue weighted by molar-refractivity contribution is 0.0344. The average molecular weight is 186 g/mol. The molecule has 0 unspecified atom stereocenters. The summed E-state index contributed by atoms with van der Waals surface area (Å²) < 4.78 is 11.5. The predicted octanol–water partition coefficient (Wildman–Crippen LogP) is 3.12. The summed E-state index contributed by atoms with van der Waals surface area (Å²) in [6.45, 7) is 14.3. The van der Waals surface area contributed by atoms with Crippen molar-refractivity contribution in [3.63, 3.8) is 0 Å². The quantitative estimate of drug-likeness (QED) is 0.630. The highest BCUT2D eigenvalue weighted by molar-refractivity contribution is 6.44. The molecule has 0 amide bonds. The van der Waals surface area contributed by atoms with Crippen LogP contribution in [-0.2, 0) is 9.31 Å². The molecular weight excluding hydrogens is 163 g/mol. The molecule has 3 heteroatoms. The lowest BCUT2D eigenvalue weighted by atomic mass is 9.83. The van der Waals surface area contributed by atoms with E-state index in [2.05, 4.69) is 6.92 Å². The van der Waals surface area contributed by atoms with Gasteiger partial charge in [0.05, 0.1) is 0 Å². The molecule has 0 aliphatic rings. The van der Waals surface area contributed by atoms with E-state index in [4.69, 9.17) is 9.31 Å². The fraction of sp³-hybridized carbons (Fsp3) is 1.00. The maximum absolute atomic E-state index is 5.74. The second-order valence-corrected chi connectivity index (χ2v) is 5.30. The molecule has 0 saturated heterocycles. The summed E-state index contributed by atoms with van der Waals surface area (Å²) in [5.74, 6) is 0. The van der Waals surface area contributed by atoms with E-state index in [0.29, 0.717) is 0 Å². The zero-order chi connectivity index (χ0) is 10.7. The van der Waals surface area contributed by atoms with E-state index in [1.165, 1.54) is 0 Å². The SMILES string of the molecule is CCB(OC(C)(C)C)OC(C)(C)C. The van der Waals surface area contributed by atoms with Crippen molar-refractivity contribution in [2.45, 2.75) is 66.0 Å². The zero-order valence-corrected chi connectivity index (χ0v) is 10.1. The predicted molar refractivity (Wildman–Crippen MR) is 57.9 cm³/mol. The largest absolute Gasteiger partial charge is 0.457 e. The molecule has 0 aromatic heterocycles. The van der Waals surface area contributed by atoms with Gasteiger partial charge in [0.1, 0.15) is 0 Å². The Morgan fingerprint density at radius 1 is 0.846 bits per heavy atom. The summed E-state index contributed by atoms with van der Waals surface area (Å²) in [6.07, 6.45) is 0.883. The first-order valence-electron chi connectivity index (χ1n) is 5.00. The molecule has 0 radical (unpaired) electrons. The van der Waals surface area contributed by atoms with Crippen LogP contribution in [0.4, 0.5) is 0 Å². The Bertz CT molecular complexity index is 128. The smallest absolute Gasteiger partial charge is 0.406 e. The van der Waals surface area contributed by atoms with Gasteiger partial charge in [-0.05, 0) is 47.9 Å². The van der Waals surface area contributed by atoms with Gasteiger partial charge in [-0.15, -0.1) is 0 Å². The van der Waals surface area contributed by atoms with E-state index in [9.17, 15) is 0 Å². The minimum atomic E-state index is -0.133. The highest BCUT2D eigenvalue weighted by atomic mass is 16.6. The van der Waals surface area contributed by atoms with Crippen LogP contribution in [0.1, 0.15) is 48.5 Å². The Balaban J connectivity index is 4.05. The van der Waals surface area contributed by atoms with Crippen LogP contribution in [0.15, 0.2) is 0 Å². The lowest BCUT2D eigenvalue weighted by Crippen LogP contribution is -2.38. The molecule has 0 saturated carbocycles. The third-order valence-corrected chi connectivity index (χ3v) is 1.30. The molecule has 0 aromatic rings. The minimum Gasteiger partial charge on any atom is -0.406 e. The van der Waals surface area contributed by atoms with Crippen molar-refractivity contribution in [1.82, 2.24) is 0 Å². The molecule has 2 nitrogen and oxygen atoms in total. The Hall–Kier alpha value is -0.0151. The molecule has 78 valence electrons. The van der Waals surface area contributed by atoms with Crippen LogP contribution in [-0.4, -0.2) is 18.3 Å². The normalized spacial score (nSPS) is 13.2. The van der Waals surface area contributed by atoms with Crippen molar-refractivity contribution in [3.8, 4) is 0 Å². The van der Waals surface area contributed by atoms with Gasteiger partial charge in [-0.1, -0.05) is 6.92 Å². The molecule has 0 atom stereocenters. The highest BCUT2D eigenvalue weighted by Crippen LogP contribution is 2.17. The van der Waals surface area contributed by atoms with Gasteiger partial charge in [0.2, 0.25) is 0 Å². The third-order valence-electron chi connectivity index (χ3n) is 1.30. The average Bonchev–Trinajstić information content (AvgIpc) is 1.79. The molecule has 0 bridgehead atoms. The van der Waals surface area contributed by atoms with Gasteiger partial charge in [0.25, 0.3) is 0 Å². The summed E-state index contributed by atoms with van der Waals surface area (Å²) in [6, 6.07) is 0. The summed E-state index contributed by atoms with van der Waals surface area (Å²) in [4.78, 5) is 0. The molecule has 0 aliphatic heterocycles. The second kappa shape index (κ2) is 4.47. The molecule has 0 aliphatic carbocycles. The fourth-order valence-electron chi connectivity index (χ4n) is 0.979. The summed E-state index contributed by atoms with van der Waals surface area (Å²) in [5.41, 5.74) is -0.266. The van der Waals surface area contributed by atoms with Crippen molar-refractivity contribution in [3.05, 3.63) is 0 Å². The fourth-order valence-corrected chi connectivity index (χ4v) is 0.979. The van der Waals surface area contributed by atoms with Gasteiger partial charge >= 0.3 is 7.12 Å². The monoisotopic (exact) mass is 186 g/mol. The molecule has 0 N–H and O–H groups in total. The van der Waals surface area contributed by atoms with Crippen LogP contribution < -0.4 is 0 Å². The molecule has 0 fully saturated rings. The van der Waals surface area contributed by atoms with Gasteiger partial charge in [-0.2, -0.15) is 0 Å². The lowest BCUT2D eigenvalue weighted by Gasteiger charge is -2.30. The van der Waals surface area contributed by atoms with Crippen molar-refractivity contribution in [2.75, 3.05) is 0 Å². The van der Waals surface area contributed by atoms with Gasteiger partial charge in [0, 0.05) is 11.2 Å². The maximum atomic E-state index is 5.74. The highest BCUT2D eigenvalue weighted by Gasteiger charge is 2.27. The topological polar surface area (TPSA) is 18.5 Å². The van der Waals surface area contributed by atoms with Crippen LogP contribution in [0.5, 0.6) is 0 Å². The van der Waals surface area contributed by atoms with Crippen LogP contribution in [0.3, 0.4) is 0 Å². The van der Waals surface area contributed by atoms with Gasteiger partial charge < -0.3 is 9.31 Å². The molecule has 0 aromatic carbocycles. The maximum Gasteiger partial charge on any atom is 0.457 e. The number of rotatable bonds is 3. The van der Waals surface area contributed by atoms with Crippen molar-refractivity contribution < 1.29 is 9.31 Å². The van der Waals surface area contributed by atoms with Crippen molar-refractivity contribution in [2.24, 2.45) is 0 Å². The van der Waals surface area contributed by atoms with Crippen LogP contribution in [0.2, 0.25) is 6.32 Å². The van der Waals surface area contributed by atoms with Gasteiger partial charge in [-0.25, -0.2) is 0 Å². The van der Waals surface area contributed by atoms with Gasteiger partial charge in [0.15, 0.2) is 0 Å². The zero-order valence-electron chi connectivity index (χ0n) is 10.1. The first-order chi connectivity index (χ1) is 5.64. The van der Waals surface area contributed by atoms with E-state index in [0.717, 1.165) is 6.32 Å². The third kappa shape index (κ3) is 8.32. The molecule has 13 heavy (non-hydrogen) atoms. The van der Waals surface area contributed by atoms with E-state index >= 15 is 0 Å². The van der Waals surface area contributed by atoms with Crippen molar-refractivity contribution >= 4 is 7.12 Å². The first kappa shape index (κ1) is 13.0. The molecular formula is C10H23BO2. The van der Waals surface area contributed by atoms with Crippen LogP contribution in [0.25, 0.3) is 0 Å². The van der Waals surface area contributed by atoms with E-state index in [-0.39, 0.29) is 18.3 Å².